The van der Waals surface area contributed by atoms with Crippen LogP contribution in [0.3, 0.4) is 0 Å². The van der Waals surface area contributed by atoms with Crippen LogP contribution in [0.1, 0.15) is 38.5 Å². The summed E-state index contributed by atoms with van der Waals surface area (Å²) in [7, 11) is 3.37. The van der Waals surface area contributed by atoms with Gasteiger partial charge in [-0.05, 0) is 31.1 Å². The number of carbonyl (C=O) groups is 3. The maximum Gasteiger partial charge on any atom is 0.326 e. The average Bonchev–Trinajstić information content (AvgIpc) is 2.97. The molecule has 21 heavy (non-hydrogen) atoms. The molecule has 1 heterocycles. The Hall–Kier alpha value is -1.59. The van der Waals surface area contributed by atoms with E-state index in [-0.39, 0.29) is 24.2 Å². The van der Waals surface area contributed by atoms with Gasteiger partial charge in [0.25, 0.3) is 0 Å². The molecule has 1 N–H and O–H groups in total. The zero-order chi connectivity index (χ0) is 15.6. The Morgan fingerprint density at radius 3 is 2.52 bits per heavy atom. The molecular weight excluding hydrogens is 272 g/mol. The number of rotatable bonds is 5. The lowest BCUT2D eigenvalue weighted by atomic mass is 9.94. The number of aliphatic carboxylic acids is 1. The van der Waals surface area contributed by atoms with Gasteiger partial charge >= 0.3 is 5.97 Å². The molecule has 6 nitrogen and oxygen atoms in total. The van der Waals surface area contributed by atoms with Crippen molar-refractivity contribution in [2.24, 2.45) is 11.8 Å². The Morgan fingerprint density at radius 1 is 1.19 bits per heavy atom. The maximum absolute atomic E-state index is 12.3. The minimum Gasteiger partial charge on any atom is -0.480 e. The Kier molecular flexibility index (Phi) is 4.85. The van der Waals surface area contributed by atoms with Crippen LogP contribution in [-0.2, 0) is 14.4 Å². The standard InChI is InChI=1S/C15H24N2O4/c1-16(2)12(18)7-4-8-13(19)17-9-10-5-3-6-11(10)14(17)15(20)21/h10-11,14H,3-9H2,1-2H3,(H,20,21). The zero-order valence-electron chi connectivity index (χ0n) is 12.7. The smallest absolute Gasteiger partial charge is 0.326 e. The molecule has 2 amide bonds. The van der Waals surface area contributed by atoms with E-state index in [4.69, 9.17) is 0 Å². The van der Waals surface area contributed by atoms with Crippen molar-refractivity contribution in [1.29, 1.82) is 0 Å². The van der Waals surface area contributed by atoms with Crippen LogP contribution in [0, 0.1) is 11.8 Å². The Labute approximate surface area is 125 Å². The van der Waals surface area contributed by atoms with Gasteiger partial charge in [-0.2, -0.15) is 0 Å². The van der Waals surface area contributed by atoms with E-state index in [1.807, 2.05) is 0 Å². The molecule has 0 radical (unpaired) electrons. The molecular formula is C15H24N2O4. The minimum absolute atomic E-state index is 0.00382. The predicted molar refractivity (Wildman–Crippen MR) is 76.5 cm³/mol. The Bertz CT molecular complexity index is 435. The summed E-state index contributed by atoms with van der Waals surface area (Å²) >= 11 is 0. The third kappa shape index (κ3) is 3.36. The van der Waals surface area contributed by atoms with E-state index in [1.54, 1.807) is 14.1 Å². The SMILES string of the molecule is CN(C)C(=O)CCCC(=O)N1CC2CCCC2C1C(=O)O. The lowest BCUT2D eigenvalue weighted by molar-refractivity contribution is -0.149. The molecule has 0 spiro atoms. The van der Waals surface area contributed by atoms with Crippen molar-refractivity contribution in [1.82, 2.24) is 9.80 Å². The first-order valence-corrected chi connectivity index (χ1v) is 7.64. The summed E-state index contributed by atoms with van der Waals surface area (Å²) in [6.07, 6.45) is 4.06. The van der Waals surface area contributed by atoms with Crippen molar-refractivity contribution in [3.63, 3.8) is 0 Å². The van der Waals surface area contributed by atoms with Crippen molar-refractivity contribution >= 4 is 17.8 Å². The molecule has 1 aliphatic carbocycles. The predicted octanol–water partition coefficient (Wildman–Crippen LogP) is 0.957. The Morgan fingerprint density at radius 2 is 1.90 bits per heavy atom. The molecule has 3 unspecified atom stereocenters. The molecule has 0 aromatic heterocycles. The van der Waals surface area contributed by atoms with E-state index >= 15 is 0 Å². The summed E-state index contributed by atoms with van der Waals surface area (Å²) in [5, 5.41) is 9.41. The fourth-order valence-corrected chi connectivity index (χ4v) is 3.64. The number of hydrogen-bond donors (Lipinski definition) is 1. The minimum atomic E-state index is -0.887. The third-order valence-electron chi connectivity index (χ3n) is 4.74. The number of fused-ring (bicyclic) bond motifs is 1. The second-order valence-electron chi connectivity index (χ2n) is 6.33. The van der Waals surface area contributed by atoms with E-state index in [0.29, 0.717) is 25.3 Å². The summed E-state index contributed by atoms with van der Waals surface area (Å²) in [5.41, 5.74) is 0. The van der Waals surface area contributed by atoms with Gasteiger partial charge in [0, 0.05) is 33.5 Å². The lowest BCUT2D eigenvalue weighted by Gasteiger charge is -2.24. The van der Waals surface area contributed by atoms with Crippen molar-refractivity contribution in [3.05, 3.63) is 0 Å². The third-order valence-corrected chi connectivity index (χ3v) is 4.74. The second kappa shape index (κ2) is 6.45. The maximum atomic E-state index is 12.3. The van der Waals surface area contributed by atoms with Crippen molar-refractivity contribution < 1.29 is 19.5 Å². The van der Waals surface area contributed by atoms with Gasteiger partial charge in [-0.15, -0.1) is 0 Å². The first kappa shape index (κ1) is 15.8. The number of carboxylic acid groups (broad SMARTS) is 1. The highest BCUT2D eigenvalue weighted by atomic mass is 16.4. The Balaban J connectivity index is 1.89. The topological polar surface area (TPSA) is 77.9 Å². The van der Waals surface area contributed by atoms with Crippen LogP contribution >= 0.6 is 0 Å². The van der Waals surface area contributed by atoms with Crippen LogP contribution < -0.4 is 0 Å². The van der Waals surface area contributed by atoms with Crippen molar-refractivity contribution in [2.75, 3.05) is 20.6 Å². The number of carbonyl (C=O) groups excluding carboxylic acids is 2. The number of hydrogen-bond acceptors (Lipinski definition) is 3. The van der Waals surface area contributed by atoms with Gasteiger partial charge in [0.15, 0.2) is 0 Å². The molecule has 0 bridgehead atoms. The first-order valence-electron chi connectivity index (χ1n) is 7.64. The lowest BCUT2D eigenvalue weighted by Crippen LogP contribution is -2.43. The first-order chi connectivity index (χ1) is 9.91. The van der Waals surface area contributed by atoms with Crippen molar-refractivity contribution in [2.45, 2.75) is 44.6 Å². The van der Waals surface area contributed by atoms with Crippen LogP contribution in [0.4, 0.5) is 0 Å². The highest BCUT2D eigenvalue weighted by Gasteiger charge is 2.49. The average molecular weight is 296 g/mol. The summed E-state index contributed by atoms with van der Waals surface area (Å²) in [5.74, 6) is -0.547. The fourth-order valence-electron chi connectivity index (χ4n) is 3.64. The monoisotopic (exact) mass is 296 g/mol. The van der Waals surface area contributed by atoms with Crippen molar-refractivity contribution in [3.8, 4) is 0 Å². The van der Waals surface area contributed by atoms with E-state index < -0.39 is 12.0 Å². The largest absolute Gasteiger partial charge is 0.480 e. The second-order valence-corrected chi connectivity index (χ2v) is 6.33. The molecule has 2 rings (SSSR count). The molecule has 2 fully saturated rings. The highest BCUT2D eigenvalue weighted by molar-refractivity contribution is 5.85. The number of carboxylic acids is 1. The van der Waals surface area contributed by atoms with Crippen LogP contribution in [0.15, 0.2) is 0 Å². The summed E-state index contributed by atoms with van der Waals surface area (Å²) in [6, 6.07) is -0.658. The molecule has 1 saturated carbocycles. The molecule has 3 atom stereocenters. The van der Waals surface area contributed by atoms with Crippen LogP contribution in [0.25, 0.3) is 0 Å². The molecule has 1 aliphatic heterocycles. The van der Waals surface area contributed by atoms with Crippen LogP contribution in [0.2, 0.25) is 0 Å². The van der Waals surface area contributed by atoms with E-state index in [2.05, 4.69) is 0 Å². The van der Waals surface area contributed by atoms with Gasteiger partial charge in [0.05, 0.1) is 0 Å². The van der Waals surface area contributed by atoms with Crippen LogP contribution in [0.5, 0.6) is 0 Å². The van der Waals surface area contributed by atoms with E-state index in [0.717, 1.165) is 19.3 Å². The number of likely N-dealkylation sites (tertiary alicyclic amines) is 1. The molecule has 0 aromatic carbocycles. The normalized spacial score (nSPS) is 27.5. The molecule has 2 aliphatic rings. The molecule has 1 saturated heterocycles. The fraction of sp³-hybridized carbons (Fsp3) is 0.800. The van der Waals surface area contributed by atoms with Gasteiger partial charge in [-0.25, -0.2) is 4.79 Å². The summed E-state index contributed by atoms with van der Waals surface area (Å²) < 4.78 is 0. The van der Waals surface area contributed by atoms with E-state index in [9.17, 15) is 19.5 Å². The van der Waals surface area contributed by atoms with Gasteiger partial charge < -0.3 is 14.9 Å². The zero-order valence-corrected chi connectivity index (χ0v) is 12.7. The number of amides is 2. The highest BCUT2D eigenvalue weighted by Crippen LogP contribution is 2.42. The van der Waals surface area contributed by atoms with Crippen LogP contribution in [-0.4, -0.2) is 59.4 Å². The molecule has 6 heteroatoms. The quantitative estimate of drug-likeness (QED) is 0.819. The molecule has 118 valence electrons. The number of nitrogens with zero attached hydrogens (tertiary/aromatic N) is 2. The summed E-state index contributed by atoms with van der Waals surface area (Å²) in [6.45, 7) is 0.572. The molecule has 0 aromatic rings. The van der Waals surface area contributed by atoms with Gasteiger partial charge in [-0.1, -0.05) is 6.42 Å². The van der Waals surface area contributed by atoms with E-state index in [1.165, 1.54) is 9.80 Å². The van der Waals surface area contributed by atoms with Gasteiger partial charge in [0.2, 0.25) is 11.8 Å². The summed E-state index contributed by atoms with van der Waals surface area (Å²) in [4.78, 5) is 38.3. The van der Waals surface area contributed by atoms with Gasteiger partial charge in [0.1, 0.15) is 6.04 Å². The van der Waals surface area contributed by atoms with Gasteiger partial charge in [-0.3, -0.25) is 9.59 Å².